The van der Waals surface area contributed by atoms with Gasteiger partial charge in [-0.25, -0.2) is 0 Å². The number of aliphatic hydroxyl groups is 1. The van der Waals surface area contributed by atoms with Gasteiger partial charge in [0.15, 0.2) is 0 Å². The van der Waals surface area contributed by atoms with Gasteiger partial charge in [-0.05, 0) is 112 Å². The summed E-state index contributed by atoms with van der Waals surface area (Å²) in [7, 11) is 0. The average molecular weight is 568 g/mol. The molecule has 240 valence electrons. The molecule has 5 heteroatoms. The number of fused-ring (bicyclic) bond motifs is 1. The second-order valence-electron chi connectivity index (χ2n) is 14.0. The smallest absolute Gasteiger partial charge is 0.0743 e. The van der Waals surface area contributed by atoms with Crippen LogP contribution in [0, 0.1) is 11.8 Å². The number of ether oxygens (including phenoxy) is 1. The van der Waals surface area contributed by atoms with Crippen molar-refractivity contribution in [3.63, 3.8) is 0 Å². The highest BCUT2D eigenvalue weighted by Crippen LogP contribution is 2.31. The molecule has 0 radical (unpaired) electrons. The summed E-state index contributed by atoms with van der Waals surface area (Å²) in [5.74, 6) is 2.01. The second-order valence-corrected chi connectivity index (χ2v) is 14.0. The van der Waals surface area contributed by atoms with E-state index in [9.17, 15) is 0 Å². The van der Waals surface area contributed by atoms with E-state index in [1.165, 1.54) is 103 Å². The Labute approximate surface area is 251 Å². The molecule has 0 spiro atoms. The summed E-state index contributed by atoms with van der Waals surface area (Å²) in [6.45, 7) is 24.6. The summed E-state index contributed by atoms with van der Waals surface area (Å²) in [6, 6.07) is 3.24. The largest absolute Gasteiger partial charge is 0.395 e. The molecule has 4 saturated heterocycles. The zero-order valence-electron chi connectivity index (χ0n) is 27.5. The van der Waals surface area contributed by atoms with Gasteiger partial charge in [-0.1, -0.05) is 59.8 Å². The van der Waals surface area contributed by atoms with Gasteiger partial charge >= 0.3 is 0 Å². The Morgan fingerprint density at radius 2 is 1.20 bits per heavy atom. The lowest BCUT2D eigenvalue weighted by Crippen LogP contribution is -2.45. The number of hydrogen-bond acceptors (Lipinski definition) is 5. The lowest BCUT2D eigenvalue weighted by molar-refractivity contribution is 0.0653. The maximum Gasteiger partial charge on any atom is 0.0743 e. The molecule has 5 nitrogen and oxygen atoms in total. The third-order valence-corrected chi connectivity index (χ3v) is 9.95. The highest BCUT2D eigenvalue weighted by atomic mass is 16.5. The highest BCUT2D eigenvalue weighted by molar-refractivity contribution is 4.92. The Morgan fingerprint density at radius 1 is 0.625 bits per heavy atom. The molecule has 1 saturated carbocycles. The molecule has 0 aromatic carbocycles. The molecule has 3 unspecified atom stereocenters. The lowest BCUT2D eigenvalue weighted by atomic mass is 9.95. The first-order valence-electron chi connectivity index (χ1n) is 17.1. The van der Waals surface area contributed by atoms with Crippen molar-refractivity contribution in [1.29, 1.82) is 0 Å². The Hall–Kier alpha value is -0.200. The zero-order valence-corrected chi connectivity index (χ0v) is 27.5. The van der Waals surface area contributed by atoms with Crippen molar-refractivity contribution >= 4 is 0 Å². The SMILES string of the molecule is C.CC(C)C1CCCC1.CC(C)N1CCC2OCCC21.CC(C)N1CCCCC1.CC(C)N1CCCCC1CO. The minimum absolute atomic E-state index is 0. The van der Waals surface area contributed by atoms with Crippen molar-refractivity contribution in [3.05, 3.63) is 0 Å². The molecule has 5 rings (SSSR count). The summed E-state index contributed by atoms with van der Waals surface area (Å²) >= 11 is 0. The van der Waals surface area contributed by atoms with E-state index in [2.05, 4.69) is 70.1 Å². The molecule has 3 atom stereocenters. The first-order chi connectivity index (χ1) is 18.6. The van der Waals surface area contributed by atoms with Gasteiger partial charge in [0.05, 0.1) is 12.7 Å². The molecular formula is C35H73N3O2. The van der Waals surface area contributed by atoms with E-state index in [-0.39, 0.29) is 7.43 Å². The normalized spacial score (nSPS) is 28.0. The predicted octanol–water partition coefficient (Wildman–Crippen LogP) is 7.85. The molecule has 40 heavy (non-hydrogen) atoms. The van der Waals surface area contributed by atoms with Gasteiger partial charge in [0.25, 0.3) is 0 Å². The van der Waals surface area contributed by atoms with Crippen molar-refractivity contribution in [2.75, 3.05) is 39.4 Å². The summed E-state index contributed by atoms with van der Waals surface area (Å²) < 4.78 is 5.62. The van der Waals surface area contributed by atoms with E-state index in [4.69, 9.17) is 9.84 Å². The molecule has 1 aliphatic carbocycles. The topological polar surface area (TPSA) is 39.2 Å². The first-order valence-corrected chi connectivity index (χ1v) is 17.1. The molecule has 4 aliphatic heterocycles. The van der Waals surface area contributed by atoms with E-state index >= 15 is 0 Å². The second kappa shape index (κ2) is 20.7. The molecule has 5 aliphatic rings. The zero-order chi connectivity index (χ0) is 28.8. The van der Waals surface area contributed by atoms with Crippen molar-refractivity contribution < 1.29 is 9.84 Å². The maximum atomic E-state index is 9.07. The van der Waals surface area contributed by atoms with E-state index in [1.807, 2.05) is 0 Å². The molecular weight excluding hydrogens is 494 g/mol. The summed E-state index contributed by atoms with van der Waals surface area (Å²) in [5, 5.41) is 9.07. The van der Waals surface area contributed by atoms with Crippen molar-refractivity contribution in [2.24, 2.45) is 11.8 Å². The number of likely N-dealkylation sites (tertiary alicyclic amines) is 3. The van der Waals surface area contributed by atoms with Crippen LogP contribution in [0.4, 0.5) is 0 Å². The fraction of sp³-hybridized carbons (Fsp3) is 1.00. The van der Waals surface area contributed by atoms with Gasteiger partial charge in [-0.3, -0.25) is 9.80 Å². The number of aliphatic hydroxyl groups excluding tert-OH is 1. The quantitative estimate of drug-likeness (QED) is 0.366. The van der Waals surface area contributed by atoms with E-state index < -0.39 is 0 Å². The van der Waals surface area contributed by atoms with E-state index in [1.54, 1.807) is 0 Å². The number of nitrogens with zero attached hydrogens (tertiary/aromatic N) is 3. The van der Waals surface area contributed by atoms with Crippen molar-refractivity contribution in [2.45, 2.75) is 176 Å². The van der Waals surface area contributed by atoms with Crippen molar-refractivity contribution in [1.82, 2.24) is 14.7 Å². The first kappa shape index (κ1) is 37.8. The van der Waals surface area contributed by atoms with Crippen LogP contribution in [0.1, 0.15) is 140 Å². The molecule has 0 amide bonds. The fourth-order valence-electron chi connectivity index (χ4n) is 7.33. The third-order valence-electron chi connectivity index (χ3n) is 9.95. The van der Waals surface area contributed by atoms with Gasteiger partial charge < -0.3 is 14.7 Å². The number of hydrogen-bond donors (Lipinski definition) is 1. The summed E-state index contributed by atoms with van der Waals surface area (Å²) in [5.41, 5.74) is 0. The minimum Gasteiger partial charge on any atom is -0.395 e. The van der Waals surface area contributed by atoms with Crippen LogP contribution in [-0.4, -0.2) is 95.5 Å². The van der Waals surface area contributed by atoms with Crippen LogP contribution in [0.5, 0.6) is 0 Å². The Kier molecular flexibility index (Phi) is 19.5. The highest BCUT2D eigenvalue weighted by Gasteiger charge is 2.39. The third kappa shape index (κ3) is 13.0. The summed E-state index contributed by atoms with van der Waals surface area (Å²) in [6.07, 6.45) is 17.1. The van der Waals surface area contributed by atoms with Crippen LogP contribution in [0.25, 0.3) is 0 Å². The van der Waals surface area contributed by atoms with Crippen LogP contribution < -0.4 is 0 Å². The summed E-state index contributed by atoms with van der Waals surface area (Å²) in [4.78, 5) is 7.55. The van der Waals surface area contributed by atoms with Gasteiger partial charge in [0.1, 0.15) is 0 Å². The van der Waals surface area contributed by atoms with E-state index in [0.717, 1.165) is 30.5 Å². The fourth-order valence-corrected chi connectivity index (χ4v) is 7.33. The minimum atomic E-state index is 0. The monoisotopic (exact) mass is 568 g/mol. The van der Waals surface area contributed by atoms with Crippen LogP contribution in [0.15, 0.2) is 0 Å². The molecule has 0 aromatic rings. The van der Waals surface area contributed by atoms with Crippen LogP contribution >= 0.6 is 0 Å². The Morgan fingerprint density at radius 3 is 1.65 bits per heavy atom. The predicted molar refractivity (Wildman–Crippen MR) is 175 cm³/mol. The van der Waals surface area contributed by atoms with Crippen molar-refractivity contribution in [3.8, 4) is 0 Å². The number of rotatable bonds is 5. The number of piperidine rings is 2. The van der Waals surface area contributed by atoms with Crippen LogP contribution in [0.3, 0.4) is 0 Å². The van der Waals surface area contributed by atoms with E-state index in [0.29, 0.717) is 30.8 Å². The van der Waals surface area contributed by atoms with Crippen LogP contribution in [0.2, 0.25) is 0 Å². The molecule has 4 heterocycles. The lowest BCUT2D eigenvalue weighted by Gasteiger charge is -2.37. The molecule has 1 N–H and O–H groups in total. The van der Waals surface area contributed by atoms with Gasteiger partial charge in [-0.2, -0.15) is 0 Å². The Bertz CT molecular complexity index is 591. The maximum absolute atomic E-state index is 9.07. The van der Waals surface area contributed by atoms with Gasteiger partial charge in [-0.15, -0.1) is 0 Å². The van der Waals surface area contributed by atoms with Gasteiger partial charge in [0.2, 0.25) is 0 Å². The standard InChI is InChI=1S/C9H17NO.C9H19NO.C8H17N.C8H16.CH4/c1-7(2)10-5-3-9-8(10)4-6-11-9;1-8(2)10-6-4-3-5-9(10)7-11;1-8(2)9-6-4-3-5-7-9;1-7(2)8-5-3-4-6-8;/h7-9H,3-6H2,1-2H3;8-9,11H,3-7H2,1-2H3;8H,3-7H2,1-2H3;7-8H,3-6H2,1-2H3;1H4. The van der Waals surface area contributed by atoms with Gasteiger partial charge in [0, 0.05) is 43.4 Å². The molecule has 5 fully saturated rings. The average Bonchev–Trinajstić information content (AvgIpc) is 3.69. The Balaban J connectivity index is 0.000000267. The van der Waals surface area contributed by atoms with Crippen LogP contribution in [-0.2, 0) is 4.74 Å². The molecule has 0 bridgehead atoms. The molecule has 0 aromatic heterocycles.